The smallest absolute Gasteiger partial charge is 0.264 e. The molecule has 15 atom stereocenters. The lowest BCUT2D eigenvalue weighted by atomic mass is 9.82. The van der Waals surface area contributed by atoms with Gasteiger partial charge in [0.2, 0.25) is 8.41 Å². The zero-order chi connectivity index (χ0) is 49.0. The Balaban J connectivity index is 1.08. The van der Waals surface area contributed by atoms with Gasteiger partial charge in [0.25, 0.3) is 17.7 Å². The molecular weight excluding hydrogens is 912 g/mol. The molecule has 0 bridgehead atoms. The van der Waals surface area contributed by atoms with Gasteiger partial charge >= 0.3 is 0 Å². The fraction of sp³-hybridized carbons (Fsp3) is 0.489. The van der Waals surface area contributed by atoms with Crippen molar-refractivity contribution in [1.82, 2.24) is 15.0 Å². The van der Waals surface area contributed by atoms with Crippen molar-refractivity contribution >= 4 is 43.2 Å². The number of halogens is 1. The van der Waals surface area contributed by atoms with Crippen LogP contribution in [0.25, 0.3) is 0 Å². The van der Waals surface area contributed by atoms with Crippen LogP contribution in [0.15, 0.2) is 79.0 Å². The summed E-state index contributed by atoms with van der Waals surface area (Å²) in [6.07, 6.45) is -17.6. The largest absolute Gasteiger partial charge is 0.395 e. The number of anilines is 3. The minimum atomic E-state index is -3.68. The summed E-state index contributed by atoms with van der Waals surface area (Å²) in [7, 11) is -3.68. The van der Waals surface area contributed by atoms with E-state index in [9.17, 15) is 55.5 Å². The van der Waals surface area contributed by atoms with Crippen molar-refractivity contribution in [2.75, 3.05) is 22.1 Å². The van der Waals surface area contributed by atoms with Gasteiger partial charge in [-0.2, -0.15) is 0 Å². The summed E-state index contributed by atoms with van der Waals surface area (Å²) >= 11 is 0. The molecule has 3 aromatic carbocycles. The molecule has 4 aromatic rings. The van der Waals surface area contributed by atoms with Crippen molar-refractivity contribution < 1.29 is 78.7 Å². The first kappa shape index (κ1) is 49.3. The van der Waals surface area contributed by atoms with E-state index in [1.165, 1.54) is 29.2 Å². The number of nitrogens with one attached hydrogen (secondary N) is 2. The Labute approximate surface area is 389 Å². The van der Waals surface area contributed by atoms with E-state index < -0.39 is 117 Å². The molecular formula is C45H55FN6O15Si. The van der Waals surface area contributed by atoms with Crippen molar-refractivity contribution in [3.63, 3.8) is 0 Å². The fourth-order valence-corrected chi connectivity index (χ4v) is 12.4. The molecule has 11 N–H and O–H groups in total. The third kappa shape index (κ3) is 9.10. The average molecular weight is 967 g/mol. The molecule has 0 aliphatic carbocycles. The van der Waals surface area contributed by atoms with Gasteiger partial charge in [0.1, 0.15) is 36.6 Å². The number of amides is 3. The number of rotatable bonds is 13. The second-order valence-corrected chi connectivity index (χ2v) is 22.0. The quantitative estimate of drug-likeness (QED) is 0.0583. The molecule has 1 unspecified atom stereocenters. The molecule has 1 spiro atoms. The highest BCUT2D eigenvalue weighted by molar-refractivity contribution is 6.72. The fourth-order valence-electron chi connectivity index (χ4n) is 9.91. The van der Waals surface area contributed by atoms with Gasteiger partial charge in [-0.15, -0.1) is 5.10 Å². The molecule has 68 heavy (non-hydrogen) atoms. The van der Waals surface area contributed by atoms with E-state index in [0.29, 0.717) is 22.5 Å². The Morgan fingerprint density at radius 1 is 0.809 bits per heavy atom. The number of ether oxygens (including phenoxy) is 3. The van der Waals surface area contributed by atoms with E-state index in [4.69, 9.17) is 14.2 Å². The average Bonchev–Trinajstić information content (AvgIpc) is 3.97. The summed E-state index contributed by atoms with van der Waals surface area (Å²) in [4.78, 5) is 43.2. The van der Waals surface area contributed by atoms with Crippen LogP contribution >= 0.6 is 0 Å². The van der Waals surface area contributed by atoms with Crippen LogP contribution in [0.1, 0.15) is 41.6 Å². The number of nitrogens with zero attached hydrogens (tertiary/aromatic N) is 4. The second-order valence-electron chi connectivity index (χ2n) is 18.2. The normalized spacial score (nSPS) is 33.1. The van der Waals surface area contributed by atoms with Crippen molar-refractivity contribution in [2.45, 2.75) is 124 Å². The van der Waals surface area contributed by atoms with Gasteiger partial charge in [-0.3, -0.25) is 19.1 Å². The molecule has 1 aromatic heterocycles. The number of aryl methyl sites for hydroxylation is 1. The maximum absolute atomic E-state index is 16.8. The lowest BCUT2D eigenvalue weighted by molar-refractivity contribution is -0.274. The van der Waals surface area contributed by atoms with E-state index >= 15 is 8.90 Å². The highest BCUT2D eigenvalue weighted by Crippen LogP contribution is 2.60. The number of fused-ring (bicyclic) bond motifs is 2. The Morgan fingerprint density at radius 3 is 1.96 bits per heavy atom. The van der Waals surface area contributed by atoms with Gasteiger partial charge in [0.15, 0.2) is 30.4 Å². The maximum Gasteiger partial charge on any atom is 0.264 e. The third-order valence-electron chi connectivity index (χ3n) is 13.4. The molecule has 3 saturated heterocycles. The molecule has 21 nitrogen and oxygen atoms in total. The molecule has 366 valence electrons. The second kappa shape index (κ2) is 19.3. The van der Waals surface area contributed by atoms with E-state index in [1.54, 1.807) is 49.1 Å². The number of hydrogen-bond acceptors (Lipinski definition) is 17. The van der Waals surface area contributed by atoms with E-state index in [1.807, 2.05) is 30.3 Å². The van der Waals surface area contributed by atoms with Crippen LogP contribution in [0.5, 0.6) is 0 Å². The highest BCUT2D eigenvalue weighted by atomic mass is 28.4. The molecule has 3 amide bonds. The molecule has 0 radical (unpaired) electrons. The SMILES string of the molecule is C[C@H]1[C@H]([Si](C)(C)F)[C@@H](CCn2cc(C(CO)c3ccccc3)nn2)O[C@]12C(=O)N(Cc1ccc(NC(=O)[C@H]3O[C@@H](O)[C@H](O)[C@@H](O)[C@@H]3O)cc1)c1ccc(NC(=O)[C@H]3O[C@@H](O)[C@H](O)[C@@H](O)[C@@H]3O)cc12. The number of aromatic nitrogens is 3. The van der Waals surface area contributed by atoms with Crippen molar-refractivity contribution in [3.8, 4) is 0 Å². The predicted octanol–water partition coefficient (Wildman–Crippen LogP) is -0.709. The minimum Gasteiger partial charge on any atom is -0.395 e. The third-order valence-corrected chi connectivity index (χ3v) is 15.9. The van der Waals surface area contributed by atoms with Crippen molar-refractivity contribution in [2.24, 2.45) is 5.92 Å². The standard InChI is InChI=1S/C45H55FN6O15Si/c1-21-39(68(2,3)46)30(15-16-51-19-28(49-50-51)26(20-53)23-7-5-4-6-8-23)67-45(21)27-17-25(48-41(61)38-34(57)32(55)36(59)43(63)66-38)13-14-29(27)52(44(45)64)18-22-9-11-24(12-10-22)47-40(60)37-33(56)31(54)35(58)42(62)65-37/h4-14,17,19,21,26,30-39,42-43,53-59,62-63H,15-16,18,20H2,1-3H3,(H,47,60)(H,48,61)/t21-,26?,30+,31-,32-,33-,34-,35+,36+,37-,38-,39-,42+,43+,45+/m0/s1. The van der Waals surface area contributed by atoms with Crippen LogP contribution in [0.4, 0.5) is 21.2 Å². The number of hydrogen-bond donors (Lipinski definition) is 11. The number of aliphatic hydroxyl groups is 9. The summed E-state index contributed by atoms with van der Waals surface area (Å²) in [5.74, 6) is -3.66. The summed E-state index contributed by atoms with van der Waals surface area (Å²) in [6, 6.07) is 20.1. The zero-order valence-electron chi connectivity index (χ0n) is 37.1. The molecule has 4 aliphatic rings. The van der Waals surface area contributed by atoms with Crippen LogP contribution in [0.2, 0.25) is 18.6 Å². The highest BCUT2D eigenvalue weighted by Gasteiger charge is 2.66. The lowest BCUT2D eigenvalue weighted by Crippen LogP contribution is -2.60. The first-order chi connectivity index (χ1) is 32.2. The maximum atomic E-state index is 16.8. The van der Waals surface area contributed by atoms with Crippen molar-refractivity contribution in [3.05, 3.63) is 101 Å². The molecule has 4 aliphatic heterocycles. The minimum absolute atomic E-state index is 0.0640. The Morgan fingerprint density at radius 2 is 1.38 bits per heavy atom. The monoisotopic (exact) mass is 966 g/mol. The van der Waals surface area contributed by atoms with Crippen LogP contribution < -0.4 is 15.5 Å². The zero-order valence-corrected chi connectivity index (χ0v) is 38.1. The summed E-state index contributed by atoms with van der Waals surface area (Å²) in [5.41, 5.74) is 0.325. The topological polar surface area (TPSA) is 319 Å². The Kier molecular flexibility index (Phi) is 14.0. The van der Waals surface area contributed by atoms with Crippen LogP contribution in [0, 0.1) is 5.92 Å². The van der Waals surface area contributed by atoms with Crippen LogP contribution in [-0.2, 0) is 47.3 Å². The first-order valence-corrected chi connectivity index (χ1v) is 25.1. The summed E-state index contributed by atoms with van der Waals surface area (Å²) in [5, 5.41) is 105. The molecule has 0 saturated carbocycles. The number of aliphatic hydroxyl groups excluding tert-OH is 9. The van der Waals surface area contributed by atoms with Gasteiger partial charge in [0, 0.05) is 41.1 Å². The molecule has 5 heterocycles. The predicted molar refractivity (Wildman–Crippen MR) is 237 cm³/mol. The van der Waals surface area contributed by atoms with Gasteiger partial charge in [-0.25, -0.2) is 0 Å². The van der Waals surface area contributed by atoms with Gasteiger partial charge in [-0.1, -0.05) is 54.6 Å². The van der Waals surface area contributed by atoms with Gasteiger partial charge in [0.05, 0.1) is 36.6 Å². The van der Waals surface area contributed by atoms with Gasteiger partial charge in [-0.05, 0) is 61.0 Å². The van der Waals surface area contributed by atoms with Gasteiger partial charge < -0.3 is 79.8 Å². The number of carbonyl (C=O) groups is 3. The lowest BCUT2D eigenvalue weighted by Gasteiger charge is -2.37. The number of benzene rings is 3. The molecule has 23 heteroatoms. The van der Waals surface area contributed by atoms with E-state index in [-0.39, 0.29) is 37.5 Å². The van der Waals surface area contributed by atoms with Crippen LogP contribution in [0.3, 0.4) is 0 Å². The van der Waals surface area contributed by atoms with E-state index in [0.717, 1.165) is 5.56 Å². The first-order valence-electron chi connectivity index (χ1n) is 22.1. The van der Waals surface area contributed by atoms with Crippen molar-refractivity contribution in [1.29, 1.82) is 0 Å². The number of carbonyl (C=O) groups excluding carboxylic acids is 3. The summed E-state index contributed by atoms with van der Waals surface area (Å²) in [6.45, 7) is 4.77. The van der Waals surface area contributed by atoms with Crippen LogP contribution in [-0.4, -0.2) is 161 Å². The summed E-state index contributed by atoms with van der Waals surface area (Å²) < 4.78 is 35.4. The Bertz CT molecular complexity index is 2470. The van der Waals surface area contributed by atoms with E-state index in [2.05, 4.69) is 20.9 Å². The Hall–Kier alpha value is -5.12. The molecule has 8 rings (SSSR count). The molecule has 3 fully saturated rings.